The number of ether oxygens (including phenoxy) is 4. The number of nitrogens with zero attached hydrogens (tertiary/aromatic N) is 1. The van der Waals surface area contributed by atoms with Gasteiger partial charge in [-0.3, -0.25) is 4.79 Å². The molecule has 1 N–H and O–H groups in total. The second-order valence-corrected chi connectivity index (χ2v) is 8.77. The van der Waals surface area contributed by atoms with Gasteiger partial charge in [0.1, 0.15) is 6.61 Å². The van der Waals surface area contributed by atoms with E-state index in [9.17, 15) is 4.79 Å². The summed E-state index contributed by atoms with van der Waals surface area (Å²) in [7, 11) is 1.57. The monoisotopic (exact) mass is 608 g/mol. The Morgan fingerprint density at radius 1 is 0.971 bits per heavy atom. The van der Waals surface area contributed by atoms with Crippen LogP contribution < -0.4 is 24.4 Å². The fraction of sp³-hybridized carbons (Fsp3) is 0.231. The van der Waals surface area contributed by atoms with E-state index in [0.29, 0.717) is 53.4 Å². The molecular weight excluding hydrogens is 583 g/mol. The van der Waals surface area contributed by atoms with Crippen molar-refractivity contribution in [3.63, 3.8) is 0 Å². The molecule has 0 aliphatic heterocycles. The predicted molar refractivity (Wildman–Crippen MR) is 145 cm³/mol. The van der Waals surface area contributed by atoms with Crippen molar-refractivity contribution in [2.24, 2.45) is 5.10 Å². The van der Waals surface area contributed by atoms with E-state index in [4.69, 9.17) is 30.5 Å². The Labute approximate surface area is 223 Å². The quantitative estimate of drug-likeness (QED) is 0.162. The van der Waals surface area contributed by atoms with Crippen LogP contribution in [-0.4, -0.2) is 32.4 Å². The maximum atomic E-state index is 12.6. The van der Waals surface area contributed by atoms with Crippen LogP contribution >= 0.6 is 34.2 Å². The van der Waals surface area contributed by atoms with Crippen LogP contribution in [0.15, 0.2) is 59.7 Å². The van der Waals surface area contributed by atoms with Crippen molar-refractivity contribution in [1.29, 1.82) is 0 Å². The zero-order valence-corrected chi connectivity index (χ0v) is 22.6. The topological polar surface area (TPSA) is 78.4 Å². The highest BCUT2D eigenvalue weighted by atomic mass is 127. The fourth-order valence-electron chi connectivity index (χ4n) is 3.11. The zero-order chi connectivity index (χ0) is 25.2. The summed E-state index contributed by atoms with van der Waals surface area (Å²) in [6.45, 7) is 5.10. The van der Waals surface area contributed by atoms with Crippen LogP contribution in [0.2, 0.25) is 5.02 Å². The molecule has 7 nitrogen and oxygen atoms in total. The highest BCUT2D eigenvalue weighted by Gasteiger charge is 2.13. The molecule has 0 fully saturated rings. The smallest absolute Gasteiger partial charge is 0.271 e. The lowest BCUT2D eigenvalue weighted by Crippen LogP contribution is -2.17. The number of methoxy groups -OCH3 is 1. The fourth-order valence-corrected chi connectivity index (χ4v) is 4.02. The largest absolute Gasteiger partial charge is 0.493 e. The molecule has 0 aromatic heterocycles. The summed E-state index contributed by atoms with van der Waals surface area (Å²) in [4.78, 5) is 12.6. The minimum Gasteiger partial charge on any atom is -0.493 e. The van der Waals surface area contributed by atoms with Gasteiger partial charge in [-0.1, -0.05) is 23.7 Å². The van der Waals surface area contributed by atoms with E-state index in [2.05, 4.69) is 33.1 Å². The van der Waals surface area contributed by atoms with Crippen LogP contribution in [-0.2, 0) is 6.61 Å². The third kappa shape index (κ3) is 7.50. The van der Waals surface area contributed by atoms with Crippen molar-refractivity contribution < 1.29 is 23.7 Å². The van der Waals surface area contributed by atoms with Gasteiger partial charge >= 0.3 is 0 Å². The molecule has 35 heavy (non-hydrogen) atoms. The number of hydrogen-bond donors (Lipinski definition) is 1. The molecule has 1 amide bonds. The molecule has 0 spiro atoms. The molecule has 3 aromatic carbocycles. The van der Waals surface area contributed by atoms with Gasteiger partial charge in [-0.15, -0.1) is 0 Å². The minimum absolute atomic E-state index is 0.366. The Hall–Kier alpha value is -2.98. The first-order valence-electron chi connectivity index (χ1n) is 10.9. The molecule has 9 heteroatoms. The Balaban J connectivity index is 1.68. The van der Waals surface area contributed by atoms with Crippen LogP contribution in [0.5, 0.6) is 23.0 Å². The number of hydrazone groups is 1. The zero-order valence-electron chi connectivity index (χ0n) is 19.6. The van der Waals surface area contributed by atoms with Crippen molar-refractivity contribution in [2.45, 2.75) is 20.5 Å². The van der Waals surface area contributed by atoms with Crippen molar-refractivity contribution >= 4 is 46.3 Å². The van der Waals surface area contributed by atoms with Crippen LogP contribution in [0.3, 0.4) is 0 Å². The van der Waals surface area contributed by atoms with E-state index in [-0.39, 0.29) is 5.91 Å². The molecule has 0 atom stereocenters. The Kier molecular flexibility index (Phi) is 10.0. The summed E-state index contributed by atoms with van der Waals surface area (Å²) >= 11 is 8.12. The highest BCUT2D eigenvalue weighted by Crippen LogP contribution is 2.34. The Morgan fingerprint density at radius 3 is 2.37 bits per heavy atom. The summed E-state index contributed by atoms with van der Waals surface area (Å²) in [5, 5.41) is 4.77. The normalized spacial score (nSPS) is 10.8. The van der Waals surface area contributed by atoms with Crippen LogP contribution in [0, 0.1) is 3.57 Å². The molecule has 184 valence electrons. The second-order valence-electron chi connectivity index (χ2n) is 7.18. The number of halogens is 2. The Morgan fingerprint density at radius 2 is 1.69 bits per heavy atom. The van der Waals surface area contributed by atoms with Crippen LogP contribution in [0.4, 0.5) is 0 Å². The molecule has 0 aliphatic carbocycles. The summed E-state index contributed by atoms with van der Waals surface area (Å²) in [5.41, 5.74) is 4.68. The van der Waals surface area contributed by atoms with Crippen LogP contribution in [0.25, 0.3) is 0 Å². The number of amides is 1. The summed E-state index contributed by atoms with van der Waals surface area (Å²) in [6, 6.07) is 16.2. The van der Waals surface area contributed by atoms with Gasteiger partial charge in [-0.25, -0.2) is 5.43 Å². The summed E-state index contributed by atoms with van der Waals surface area (Å²) in [6.07, 6.45) is 1.55. The lowest BCUT2D eigenvalue weighted by Gasteiger charge is -2.13. The van der Waals surface area contributed by atoms with Gasteiger partial charge in [0.25, 0.3) is 5.91 Å². The molecule has 0 unspecified atom stereocenters. The lowest BCUT2D eigenvalue weighted by atomic mass is 10.2. The highest BCUT2D eigenvalue weighted by molar-refractivity contribution is 14.1. The van der Waals surface area contributed by atoms with E-state index in [0.717, 1.165) is 14.7 Å². The molecular formula is C26H26ClIN2O5. The molecule has 0 radical (unpaired) electrons. The van der Waals surface area contributed by atoms with Gasteiger partial charge < -0.3 is 18.9 Å². The number of rotatable bonds is 11. The Bertz CT molecular complexity index is 1190. The van der Waals surface area contributed by atoms with Crippen LogP contribution in [0.1, 0.15) is 35.3 Å². The van der Waals surface area contributed by atoms with Gasteiger partial charge in [-0.2, -0.15) is 5.10 Å². The summed E-state index contributed by atoms with van der Waals surface area (Å²) < 4.78 is 23.5. The third-order valence-corrected chi connectivity index (χ3v) is 5.79. The van der Waals surface area contributed by atoms with Gasteiger partial charge in [0.15, 0.2) is 23.0 Å². The van der Waals surface area contributed by atoms with E-state index in [1.165, 1.54) is 0 Å². The molecule has 0 bridgehead atoms. The number of carbonyl (C=O) groups excluding carboxylic acids is 1. The van der Waals surface area contributed by atoms with Gasteiger partial charge in [0, 0.05) is 10.6 Å². The second kappa shape index (κ2) is 13.2. The first kappa shape index (κ1) is 26.6. The van der Waals surface area contributed by atoms with E-state index < -0.39 is 0 Å². The average molecular weight is 609 g/mol. The maximum Gasteiger partial charge on any atom is 0.271 e. The first-order valence-corrected chi connectivity index (χ1v) is 12.4. The van der Waals surface area contributed by atoms with Gasteiger partial charge in [0.05, 0.1) is 30.1 Å². The predicted octanol–water partition coefficient (Wildman–Crippen LogP) is 6.09. The van der Waals surface area contributed by atoms with Crippen molar-refractivity contribution in [1.82, 2.24) is 5.43 Å². The molecule has 0 aliphatic rings. The van der Waals surface area contributed by atoms with Crippen molar-refractivity contribution in [2.75, 3.05) is 20.3 Å². The molecule has 3 rings (SSSR count). The lowest BCUT2D eigenvalue weighted by molar-refractivity contribution is 0.0954. The summed E-state index contributed by atoms with van der Waals surface area (Å²) in [5.74, 6) is 1.93. The SMILES string of the molecule is CCOc1ccc(C(=O)N/N=C/c2cc(I)c(OCc3ccc(Cl)cc3)c(OC)c2)cc1OCC. The number of benzene rings is 3. The standard InChI is InChI=1S/C26H26ClIN2O5/c1-4-33-22-11-8-19(14-23(22)34-5-2)26(31)30-29-15-18-12-21(28)25(24(13-18)32-3)35-16-17-6-9-20(27)10-7-17/h6-15H,4-5,16H2,1-3H3,(H,30,31)/b29-15+. The number of carbonyl (C=O) groups is 1. The molecule has 3 aromatic rings. The first-order chi connectivity index (χ1) is 16.9. The van der Waals surface area contributed by atoms with E-state index >= 15 is 0 Å². The van der Waals surface area contributed by atoms with Crippen molar-refractivity contribution in [3.05, 3.63) is 79.9 Å². The number of nitrogens with one attached hydrogen (secondary N) is 1. The number of hydrogen-bond acceptors (Lipinski definition) is 6. The molecule has 0 saturated heterocycles. The van der Waals surface area contributed by atoms with Gasteiger partial charge in [0.2, 0.25) is 0 Å². The minimum atomic E-state index is -0.366. The molecule has 0 heterocycles. The van der Waals surface area contributed by atoms with E-state index in [1.54, 1.807) is 37.6 Å². The maximum absolute atomic E-state index is 12.6. The molecule has 0 saturated carbocycles. The van der Waals surface area contributed by atoms with Crippen molar-refractivity contribution in [3.8, 4) is 23.0 Å². The third-order valence-electron chi connectivity index (χ3n) is 4.73. The average Bonchev–Trinajstić information content (AvgIpc) is 2.85. The van der Waals surface area contributed by atoms with Gasteiger partial charge in [-0.05, 0) is 90.0 Å². The van der Waals surface area contributed by atoms with E-state index in [1.807, 2.05) is 44.2 Å².